The van der Waals surface area contributed by atoms with E-state index in [1.807, 2.05) is 0 Å². The molecule has 0 amide bonds. The number of aliphatic hydroxyl groups is 1. The van der Waals surface area contributed by atoms with Gasteiger partial charge >= 0.3 is 0 Å². The molecule has 1 aliphatic carbocycles. The highest BCUT2D eigenvalue weighted by molar-refractivity contribution is 6.32. The van der Waals surface area contributed by atoms with Crippen LogP contribution in [0.25, 0.3) is 5.57 Å². The Hall–Kier alpha value is -1.62. The van der Waals surface area contributed by atoms with Gasteiger partial charge in [0.15, 0.2) is 0 Å². The number of aliphatic hydroxyl groups excluding tert-OH is 1. The normalized spacial score (nSPS) is 16.5. The Morgan fingerprint density at radius 1 is 1.48 bits per heavy atom. The molecule has 3 N–H and O–H groups in total. The highest BCUT2D eigenvalue weighted by Crippen LogP contribution is 2.33. The first-order chi connectivity index (χ1) is 10.1. The summed E-state index contributed by atoms with van der Waals surface area (Å²) in [6, 6.07) is 5.27. The lowest BCUT2D eigenvalue weighted by molar-refractivity contribution is 0.186. The van der Waals surface area contributed by atoms with Crippen molar-refractivity contribution in [2.45, 2.75) is 12.5 Å². The standard InChI is InChI=1S/C16H17ClFNO2/c1-21-16-6-5-11(15(20)9-19)7-12(16)10-3-2-4-14(18)13(17)8-10/h2-3,5-8,15,20H,4,9,19H2,1H3. The number of ether oxygens (including phenoxy) is 1. The Morgan fingerprint density at radius 2 is 2.24 bits per heavy atom. The number of halogens is 2. The zero-order valence-corrected chi connectivity index (χ0v) is 12.4. The third-order valence-electron chi connectivity index (χ3n) is 3.28. The van der Waals surface area contributed by atoms with Crippen LogP contribution in [0.5, 0.6) is 5.75 Å². The first-order valence-electron chi connectivity index (χ1n) is 6.55. The summed E-state index contributed by atoms with van der Waals surface area (Å²) in [5, 5.41) is 9.94. The van der Waals surface area contributed by atoms with E-state index in [1.54, 1.807) is 43.5 Å². The summed E-state index contributed by atoms with van der Waals surface area (Å²) < 4.78 is 18.9. The molecule has 2 rings (SSSR count). The van der Waals surface area contributed by atoms with E-state index in [0.717, 1.165) is 11.1 Å². The summed E-state index contributed by atoms with van der Waals surface area (Å²) in [5.41, 5.74) is 7.60. The second-order valence-corrected chi connectivity index (χ2v) is 5.08. The van der Waals surface area contributed by atoms with Gasteiger partial charge in [0.05, 0.1) is 18.2 Å². The topological polar surface area (TPSA) is 55.5 Å². The fraction of sp³-hybridized carbons (Fsp3) is 0.250. The van der Waals surface area contributed by atoms with Gasteiger partial charge in [-0.2, -0.15) is 0 Å². The molecule has 1 aromatic rings. The molecule has 0 radical (unpaired) electrons. The van der Waals surface area contributed by atoms with Gasteiger partial charge in [0, 0.05) is 18.5 Å². The second-order valence-electron chi connectivity index (χ2n) is 4.67. The first-order valence-corrected chi connectivity index (χ1v) is 6.93. The number of hydrogen-bond acceptors (Lipinski definition) is 3. The largest absolute Gasteiger partial charge is 0.496 e. The minimum atomic E-state index is -0.757. The quantitative estimate of drug-likeness (QED) is 0.895. The predicted octanol–water partition coefficient (Wildman–Crippen LogP) is 3.45. The molecule has 0 heterocycles. The van der Waals surface area contributed by atoms with E-state index in [1.165, 1.54) is 0 Å². The zero-order chi connectivity index (χ0) is 15.4. The van der Waals surface area contributed by atoms with Crippen LogP contribution in [0.1, 0.15) is 23.7 Å². The van der Waals surface area contributed by atoms with Crippen LogP contribution < -0.4 is 10.5 Å². The van der Waals surface area contributed by atoms with Gasteiger partial charge < -0.3 is 15.6 Å². The van der Waals surface area contributed by atoms with Gasteiger partial charge in [-0.3, -0.25) is 0 Å². The van der Waals surface area contributed by atoms with Crippen LogP contribution in [0.3, 0.4) is 0 Å². The van der Waals surface area contributed by atoms with E-state index in [9.17, 15) is 9.50 Å². The average Bonchev–Trinajstić information content (AvgIpc) is 2.67. The Morgan fingerprint density at radius 3 is 2.90 bits per heavy atom. The Bertz CT molecular complexity index is 623. The maximum Gasteiger partial charge on any atom is 0.126 e. The average molecular weight is 310 g/mol. The van der Waals surface area contributed by atoms with Crippen LogP contribution in [0, 0.1) is 0 Å². The van der Waals surface area contributed by atoms with Crippen LogP contribution in [-0.4, -0.2) is 18.8 Å². The molecule has 0 spiro atoms. The summed E-state index contributed by atoms with van der Waals surface area (Å²) in [6.45, 7) is 0.121. The van der Waals surface area contributed by atoms with Crippen LogP contribution >= 0.6 is 11.6 Å². The van der Waals surface area contributed by atoms with Crippen molar-refractivity contribution in [1.29, 1.82) is 0 Å². The molecule has 0 saturated heterocycles. The van der Waals surface area contributed by atoms with Crippen LogP contribution in [0.15, 0.2) is 47.3 Å². The van der Waals surface area contributed by atoms with Gasteiger partial charge in [0.1, 0.15) is 11.6 Å². The number of benzene rings is 1. The summed E-state index contributed by atoms with van der Waals surface area (Å²) in [5.74, 6) is 0.241. The smallest absolute Gasteiger partial charge is 0.126 e. The second kappa shape index (κ2) is 6.89. The number of allylic oxidation sites excluding steroid dienone is 6. The third kappa shape index (κ3) is 3.53. The van der Waals surface area contributed by atoms with Gasteiger partial charge in [-0.1, -0.05) is 29.8 Å². The molecule has 1 unspecified atom stereocenters. The summed E-state index contributed by atoms with van der Waals surface area (Å²) in [6.07, 6.45) is 4.43. The minimum Gasteiger partial charge on any atom is -0.496 e. The fourth-order valence-electron chi connectivity index (χ4n) is 2.11. The number of nitrogens with two attached hydrogens (primary N) is 1. The van der Waals surface area contributed by atoms with Crippen molar-refractivity contribution in [3.63, 3.8) is 0 Å². The van der Waals surface area contributed by atoms with Crippen molar-refractivity contribution in [3.8, 4) is 5.75 Å². The molecule has 3 nitrogen and oxygen atoms in total. The SMILES string of the molecule is COc1ccc(C(O)CN)cc1C1=CC(Cl)=C(F)CC=C1. The summed E-state index contributed by atoms with van der Waals surface area (Å²) in [7, 11) is 1.55. The lowest BCUT2D eigenvalue weighted by Crippen LogP contribution is -2.11. The summed E-state index contributed by atoms with van der Waals surface area (Å²) in [4.78, 5) is 0. The maximum absolute atomic E-state index is 13.5. The Balaban J connectivity index is 2.53. The molecule has 0 fully saturated rings. The molecular formula is C16H17ClFNO2. The van der Waals surface area contributed by atoms with E-state index in [-0.39, 0.29) is 23.8 Å². The summed E-state index contributed by atoms with van der Waals surface area (Å²) >= 11 is 5.92. The van der Waals surface area contributed by atoms with Gasteiger partial charge in [-0.15, -0.1) is 0 Å². The van der Waals surface area contributed by atoms with Crippen molar-refractivity contribution in [2.24, 2.45) is 5.73 Å². The lowest BCUT2D eigenvalue weighted by Gasteiger charge is -2.14. The Kier molecular flexibility index (Phi) is 5.17. The number of methoxy groups -OCH3 is 1. The van der Waals surface area contributed by atoms with Crippen LogP contribution in [-0.2, 0) is 0 Å². The fourth-order valence-corrected chi connectivity index (χ4v) is 2.31. The van der Waals surface area contributed by atoms with Crippen LogP contribution in [0.2, 0.25) is 0 Å². The molecule has 112 valence electrons. The highest BCUT2D eigenvalue weighted by atomic mass is 35.5. The van der Waals surface area contributed by atoms with Gasteiger partial charge in [-0.25, -0.2) is 4.39 Å². The highest BCUT2D eigenvalue weighted by Gasteiger charge is 2.14. The minimum absolute atomic E-state index is 0.0711. The number of rotatable bonds is 4. The molecular weight excluding hydrogens is 293 g/mol. The van der Waals surface area contributed by atoms with Gasteiger partial charge in [-0.05, 0) is 29.3 Å². The third-order valence-corrected chi connectivity index (χ3v) is 3.59. The molecule has 5 heteroatoms. The van der Waals surface area contributed by atoms with Crippen molar-refractivity contribution >= 4 is 17.2 Å². The monoisotopic (exact) mass is 309 g/mol. The van der Waals surface area contributed by atoms with E-state index in [0.29, 0.717) is 11.3 Å². The molecule has 1 atom stereocenters. The van der Waals surface area contributed by atoms with E-state index >= 15 is 0 Å². The molecule has 0 aliphatic heterocycles. The molecule has 1 aliphatic rings. The zero-order valence-electron chi connectivity index (χ0n) is 11.6. The molecule has 1 aromatic carbocycles. The van der Waals surface area contributed by atoms with Crippen molar-refractivity contribution in [1.82, 2.24) is 0 Å². The van der Waals surface area contributed by atoms with Crippen LogP contribution in [0.4, 0.5) is 4.39 Å². The van der Waals surface area contributed by atoms with Crippen molar-refractivity contribution in [2.75, 3.05) is 13.7 Å². The molecule has 0 bridgehead atoms. The van der Waals surface area contributed by atoms with Crippen molar-refractivity contribution in [3.05, 3.63) is 58.4 Å². The van der Waals surface area contributed by atoms with Gasteiger partial charge in [0.25, 0.3) is 0 Å². The van der Waals surface area contributed by atoms with E-state index < -0.39 is 6.10 Å². The predicted molar refractivity (Wildman–Crippen MR) is 82.7 cm³/mol. The van der Waals surface area contributed by atoms with E-state index in [4.69, 9.17) is 22.1 Å². The van der Waals surface area contributed by atoms with Crippen molar-refractivity contribution < 1.29 is 14.2 Å². The Labute approximate surface area is 128 Å². The molecule has 0 saturated carbocycles. The van der Waals surface area contributed by atoms with Gasteiger partial charge in [0.2, 0.25) is 0 Å². The first kappa shape index (κ1) is 15.8. The molecule has 21 heavy (non-hydrogen) atoms. The number of hydrogen-bond donors (Lipinski definition) is 2. The van der Waals surface area contributed by atoms with E-state index in [2.05, 4.69) is 0 Å². The maximum atomic E-state index is 13.5. The lowest BCUT2D eigenvalue weighted by atomic mass is 9.99. The molecule has 0 aromatic heterocycles.